The van der Waals surface area contributed by atoms with Crippen LogP contribution < -0.4 is 0 Å². The standard InChI is InChI=1S/C11H24O2Si/c1-10(2,3)12-8-9(14-7)13-11(4,5)6/h8H,14H2,1-7H3. The van der Waals surface area contributed by atoms with Gasteiger partial charge in [-0.2, -0.15) is 0 Å². The average Bonchev–Trinajstić information content (AvgIpc) is 1.94. The van der Waals surface area contributed by atoms with Crippen LogP contribution in [0.25, 0.3) is 0 Å². The first-order valence-corrected chi connectivity index (χ1v) is 7.32. The Hall–Kier alpha value is -0.443. The van der Waals surface area contributed by atoms with E-state index in [-0.39, 0.29) is 20.7 Å². The van der Waals surface area contributed by atoms with Crippen LogP contribution in [-0.4, -0.2) is 20.7 Å². The highest BCUT2D eigenvalue weighted by atomic mass is 28.2. The van der Waals surface area contributed by atoms with Crippen LogP contribution in [0.15, 0.2) is 11.6 Å². The molecule has 0 unspecified atom stereocenters. The largest absolute Gasteiger partial charge is 0.495 e. The maximum Gasteiger partial charge on any atom is 0.116 e. The molecule has 0 rings (SSSR count). The zero-order valence-corrected chi connectivity index (χ0v) is 12.0. The van der Waals surface area contributed by atoms with Gasteiger partial charge in [0.05, 0.1) is 11.2 Å². The normalized spacial score (nSPS) is 14.9. The van der Waals surface area contributed by atoms with E-state index in [9.17, 15) is 0 Å². The summed E-state index contributed by atoms with van der Waals surface area (Å²) in [6.45, 7) is 14.5. The highest BCUT2D eigenvalue weighted by Gasteiger charge is 2.14. The van der Waals surface area contributed by atoms with Gasteiger partial charge in [0.1, 0.15) is 21.2 Å². The van der Waals surface area contributed by atoms with Gasteiger partial charge in [0.15, 0.2) is 0 Å². The molecule has 0 radical (unpaired) electrons. The lowest BCUT2D eigenvalue weighted by Gasteiger charge is -2.25. The third-order valence-corrected chi connectivity index (χ3v) is 2.34. The van der Waals surface area contributed by atoms with Crippen LogP contribution in [0, 0.1) is 0 Å². The van der Waals surface area contributed by atoms with Crippen molar-refractivity contribution in [2.24, 2.45) is 0 Å². The molecule has 0 aliphatic rings. The van der Waals surface area contributed by atoms with E-state index in [1.165, 1.54) is 0 Å². The van der Waals surface area contributed by atoms with Gasteiger partial charge >= 0.3 is 0 Å². The van der Waals surface area contributed by atoms with E-state index in [1.807, 2.05) is 20.8 Å². The van der Waals surface area contributed by atoms with Gasteiger partial charge in [0.25, 0.3) is 0 Å². The smallest absolute Gasteiger partial charge is 0.116 e. The van der Waals surface area contributed by atoms with Crippen molar-refractivity contribution < 1.29 is 9.47 Å². The predicted molar refractivity (Wildman–Crippen MR) is 64.2 cm³/mol. The summed E-state index contributed by atoms with van der Waals surface area (Å²) in [7, 11) is -0.307. The van der Waals surface area contributed by atoms with Gasteiger partial charge in [-0.1, -0.05) is 6.55 Å². The molecule has 2 nitrogen and oxygen atoms in total. The molecular formula is C11H24O2Si. The fraction of sp³-hybridized carbons (Fsp3) is 0.818. The van der Waals surface area contributed by atoms with Crippen molar-refractivity contribution in [3.05, 3.63) is 11.6 Å². The second-order valence-corrected chi connectivity index (χ2v) is 6.79. The Balaban J connectivity index is 4.28. The first kappa shape index (κ1) is 13.6. The average molecular weight is 216 g/mol. The zero-order valence-electron chi connectivity index (χ0n) is 10.6. The van der Waals surface area contributed by atoms with Crippen molar-refractivity contribution in [1.29, 1.82) is 0 Å². The molecule has 14 heavy (non-hydrogen) atoms. The predicted octanol–water partition coefficient (Wildman–Crippen LogP) is 2.63. The number of hydrogen-bond acceptors (Lipinski definition) is 2. The minimum Gasteiger partial charge on any atom is -0.495 e. The summed E-state index contributed by atoms with van der Waals surface area (Å²) in [5, 5.41) is 1.03. The molecule has 0 N–H and O–H groups in total. The number of rotatable bonds is 3. The van der Waals surface area contributed by atoms with Crippen molar-refractivity contribution >= 4 is 9.52 Å². The second kappa shape index (κ2) is 4.87. The van der Waals surface area contributed by atoms with Gasteiger partial charge < -0.3 is 9.47 Å². The lowest BCUT2D eigenvalue weighted by Crippen LogP contribution is -2.22. The van der Waals surface area contributed by atoms with E-state index >= 15 is 0 Å². The van der Waals surface area contributed by atoms with Crippen molar-refractivity contribution in [2.75, 3.05) is 0 Å². The van der Waals surface area contributed by atoms with E-state index in [2.05, 4.69) is 27.3 Å². The van der Waals surface area contributed by atoms with Crippen molar-refractivity contribution in [3.8, 4) is 0 Å². The van der Waals surface area contributed by atoms with Crippen molar-refractivity contribution in [3.63, 3.8) is 0 Å². The van der Waals surface area contributed by atoms with Crippen LogP contribution in [0.4, 0.5) is 0 Å². The Morgan fingerprint density at radius 1 is 1.00 bits per heavy atom. The molecule has 0 spiro atoms. The summed E-state index contributed by atoms with van der Waals surface area (Å²) in [6, 6.07) is 0. The van der Waals surface area contributed by atoms with Gasteiger partial charge in [0, 0.05) is 0 Å². The van der Waals surface area contributed by atoms with Crippen LogP contribution in [0.5, 0.6) is 0 Å². The maximum absolute atomic E-state index is 5.78. The summed E-state index contributed by atoms with van der Waals surface area (Å²) in [5.74, 6) is 0. The summed E-state index contributed by atoms with van der Waals surface area (Å²) < 4.78 is 11.4. The molecule has 0 heterocycles. The Morgan fingerprint density at radius 2 is 1.50 bits per heavy atom. The molecule has 0 aromatic heterocycles. The van der Waals surface area contributed by atoms with E-state index in [1.54, 1.807) is 6.26 Å². The SMILES string of the molecule is C[SiH2]C(=COC(C)(C)C)OC(C)(C)C. The van der Waals surface area contributed by atoms with Crippen LogP contribution >= 0.6 is 0 Å². The van der Waals surface area contributed by atoms with Crippen LogP contribution in [0.1, 0.15) is 41.5 Å². The maximum atomic E-state index is 5.78. The van der Waals surface area contributed by atoms with Gasteiger partial charge in [-0.05, 0) is 41.5 Å². The molecule has 0 aliphatic heterocycles. The summed E-state index contributed by atoms with van der Waals surface area (Å²) in [5.41, 5.74) is -0.244. The third kappa shape index (κ3) is 8.17. The summed E-state index contributed by atoms with van der Waals surface area (Å²) >= 11 is 0. The first-order valence-electron chi connectivity index (χ1n) is 5.20. The Labute approximate surface area is 90.5 Å². The third-order valence-electron chi connectivity index (χ3n) is 1.33. The van der Waals surface area contributed by atoms with E-state index in [0.717, 1.165) is 5.38 Å². The fourth-order valence-electron chi connectivity index (χ4n) is 0.815. The van der Waals surface area contributed by atoms with Crippen LogP contribution in [0.2, 0.25) is 6.55 Å². The molecular weight excluding hydrogens is 192 g/mol. The van der Waals surface area contributed by atoms with E-state index in [4.69, 9.17) is 9.47 Å². The van der Waals surface area contributed by atoms with Gasteiger partial charge in [-0.25, -0.2) is 0 Å². The van der Waals surface area contributed by atoms with Gasteiger partial charge in [-0.3, -0.25) is 0 Å². The van der Waals surface area contributed by atoms with E-state index in [0.29, 0.717) is 0 Å². The zero-order chi connectivity index (χ0) is 11.4. The summed E-state index contributed by atoms with van der Waals surface area (Å²) in [4.78, 5) is 0. The minimum absolute atomic E-state index is 0.115. The molecule has 0 fully saturated rings. The van der Waals surface area contributed by atoms with Gasteiger partial charge in [-0.15, -0.1) is 0 Å². The fourth-order valence-corrected chi connectivity index (χ4v) is 1.64. The molecule has 0 saturated heterocycles. The van der Waals surface area contributed by atoms with Crippen molar-refractivity contribution in [2.45, 2.75) is 59.3 Å². The summed E-state index contributed by atoms with van der Waals surface area (Å²) in [6.07, 6.45) is 1.79. The lowest BCUT2D eigenvalue weighted by molar-refractivity contribution is 0.0359. The van der Waals surface area contributed by atoms with E-state index < -0.39 is 0 Å². The first-order chi connectivity index (χ1) is 6.14. The topological polar surface area (TPSA) is 18.5 Å². The van der Waals surface area contributed by atoms with Gasteiger partial charge in [0.2, 0.25) is 0 Å². The number of ether oxygens (including phenoxy) is 2. The number of hydrogen-bond donors (Lipinski definition) is 0. The molecule has 0 aromatic rings. The molecule has 3 heteroatoms. The molecule has 0 aliphatic carbocycles. The molecule has 0 atom stereocenters. The van der Waals surface area contributed by atoms with Crippen LogP contribution in [0.3, 0.4) is 0 Å². The lowest BCUT2D eigenvalue weighted by atomic mass is 10.2. The Kier molecular flexibility index (Phi) is 4.72. The molecule has 0 aromatic carbocycles. The quantitative estimate of drug-likeness (QED) is 0.533. The Bertz CT molecular complexity index is 196. The van der Waals surface area contributed by atoms with Crippen molar-refractivity contribution in [1.82, 2.24) is 0 Å². The minimum atomic E-state index is -0.307. The second-order valence-electron chi connectivity index (χ2n) is 5.38. The molecule has 0 amide bonds. The molecule has 0 saturated carbocycles. The highest BCUT2D eigenvalue weighted by Crippen LogP contribution is 2.15. The molecule has 0 bridgehead atoms. The highest BCUT2D eigenvalue weighted by molar-refractivity contribution is 6.42. The Morgan fingerprint density at radius 3 is 1.79 bits per heavy atom. The molecule has 84 valence electrons. The monoisotopic (exact) mass is 216 g/mol. The van der Waals surface area contributed by atoms with Crippen LogP contribution in [-0.2, 0) is 9.47 Å².